The molecule has 1 N–H and O–H groups in total. The number of pyridine rings is 1. The van der Waals surface area contributed by atoms with E-state index in [9.17, 15) is 4.79 Å². The third kappa shape index (κ3) is 3.39. The quantitative estimate of drug-likeness (QED) is 0.542. The minimum atomic E-state index is -0.254. The van der Waals surface area contributed by atoms with Crippen molar-refractivity contribution < 1.29 is 9.53 Å². The number of fused-ring (bicyclic) bond motifs is 1. The number of hydrogen-bond donors (Lipinski definition) is 1. The van der Waals surface area contributed by atoms with Crippen molar-refractivity contribution in [3.63, 3.8) is 0 Å². The van der Waals surface area contributed by atoms with E-state index < -0.39 is 0 Å². The molecule has 0 bridgehead atoms. The lowest BCUT2D eigenvalue weighted by molar-refractivity contribution is 0.102. The maximum Gasteiger partial charge on any atom is 0.278 e. The van der Waals surface area contributed by atoms with Crippen LogP contribution in [0.1, 0.15) is 40.5 Å². The number of benzene rings is 2. The Morgan fingerprint density at radius 1 is 1.10 bits per heavy atom. The van der Waals surface area contributed by atoms with E-state index in [-0.39, 0.29) is 5.91 Å². The molecule has 2 aromatic carbocycles. The summed E-state index contributed by atoms with van der Waals surface area (Å²) >= 11 is 0. The standard InChI is InChI=1S/C23H21N5O2/c1-14-3-9-18(10-4-14)28-22(15-5-6-15)21(26-27-28)23(29)24-17-8-11-19-16(13-17)7-12-20(25-19)30-2/h3-4,7-13,15H,5-6H2,1-2H3,(H,24,29). The van der Waals surface area contributed by atoms with Crippen LogP contribution in [0.15, 0.2) is 54.6 Å². The monoisotopic (exact) mass is 399 g/mol. The molecule has 1 fully saturated rings. The van der Waals surface area contributed by atoms with Crippen LogP contribution in [0.25, 0.3) is 16.6 Å². The summed E-state index contributed by atoms with van der Waals surface area (Å²) in [7, 11) is 1.59. The second-order valence-electron chi connectivity index (χ2n) is 7.56. The first-order valence-corrected chi connectivity index (χ1v) is 9.91. The number of carbonyl (C=O) groups excluding carboxylic acids is 1. The van der Waals surface area contributed by atoms with Gasteiger partial charge in [-0.2, -0.15) is 0 Å². The van der Waals surface area contributed by atoms with Crippen LogP contribution < -0.4 is 10.1 Å². The molecule has 1 aliphatic carbocycles. The van der Waals surface area contributed by atoms with Gasteiger partial charge in [0, 0.05) is 23.1 Å². The van der Waals surface area contributed by atoms with E-state index in [1.54, 1.807) is 17.9 Å². The molecule has 0 radical (unpaired) electrons. The fraction of sp³-hybridized carbons (Fsp3) is 0.217. The van der Waals surface area contributed by atoms with Crippen molar-refractivity contribution in [2.75, 3.05) is 12.4 Å². The third-order valence-electron chi connectivity index (χ3n) is 5.29. The Hall–Kier alpha value is -3.74. The van der Waals surface area contributed by atoms with E-state index in [2.05, 4.69) is 20.6 Å². The lowest BCUT2D eigenvalue weighted by atomic mass is 10.1. The zero-order chi connectivity index (χ0) is 20.7. The van der Waals surface area contributed by atoms with Gasteiger partial charge in [0.25, 0.3) is 5.91 Å². The molecule has 1 amide bonds. The molecule has 7 heteroatoms. The van der Waals surface area contributed by atoms with Crippen LogP contribution in [0.5, 0.6) is 5.88 Å². The first-order valence-electron chi connectivity index (χ1n) is 9.91. The van der Waals surface area contributed by atoms with Crippen molar-refractivity contribution in [3.05, 3.63) is 71.5 Å². The molecule has 30 heavy (non-hydrogen) atoms. The van der Waals surface area contributed by atoms with Gasteiger partial charge < -0.3 is 10.1 Å². The van der Waals surface area contributed by atoms with Gasteiger partial charge in [-0.25, -0.2) is 9.67 Å². The largest absolute Gasteiger partial charge is 0.481 e. The third-order valence-corrected chi connectivity index (χ3v) is 5.29. The Bertz CT molecular complexity index is 1240. The van der Waals surface area contributed by atoms with Gasteiger partial charge in [-0.3, -0.25) is 4.79 Å². The number of rotatable bonds is 5. The summed E-state index contributed by atoms with van der Waals surface area (Å²) in [5, 5.41) is 12.4. The van der Waals surface area contributed by atoms with Gasteiger partial charge in [0.05, 0.1) is 24.0 Å². The van der Waals surface area contributed by atoms with Gasteiger partial charge >= 0.3 is 0 Å². The first kappa shape index (κ1) is 18.3. The van der Waals surface area contributed by atoms with E-state index in [0.717, 1.165) is 35.1 Å². The molecule has 0 unspecified atom stereocenters. The maximum absolute atomic E-state index is 13.0. The van der Waals surface area contributed by atoms with Gasteiger partial charge in [-0.1, -0.05) is 22.9 Å². The first-order chi connectivity index (χ1) is 14.6. The van der Waals surface area contributed by atoms with Gasteiger partial charge in [0.1, 0.15) is 0 Å². The average molecular weight is 399 g/mol. The number of aromatic nitrogens is 4. The smallest absolute Gasteiger partial charge is 0.278 e. The Balaban J connectivity index is 1.45. The van der Waals surface area contributed by atoms with Crippen LogP contribution in [-0.2, 0) is 0 Å². The second kappa shape index (κ2) is 7.26. The number of nitrogens with one attached hydrogen (secondary N) is 1. The van der Waals surface area contributed by atoms with Gasteiger partial charge in [-0.15, -0.1) is 5.10 Å². The highest BCUT2D eigenvalue weighted by molar-refractivity contribution is 6.04. The van der Waals surface area contributed by atoms with Gasteiger partial charge in [0.15, 0.2) is 5.69 Å². The van der Waals surface area contributed by atoms with Gasteiger partial charge in [-0.05, 0) is 56.2 Å². The van der Waals surface area contributed by atoms with E-state index in [1.165, 1.54) is 5.56 Å². The zero-order valence-corrected chi connectivity index (χ0v) is 16.8. The highest BCUT2D eigenvalue weighted by Crippen LogP contribution is 2.42. The summed E-state index contributed by atoms with van der Waals surface area (Å²) in [5.74, 6) is 0.618. The van der Waals surface area contributed by atoms with Crippen molar-refractivity contribution in [1.82, 2.24) is 20.0 Å². The van der Waals surface area contributed by atoms with Crippen LogP contribution in [0, 0.1) is 6.92 Å². The predicted molar refractivity (Wildman–Crippen MR) is 114 cm³/mol. The SMILES string of the molecule is COc1ccc2cc(NC(=O)c3nnn(-c4ccc(C)cc4)c3C3CC3)ccc2n1. The molecular formula is C23H21N5O2. The summed E-state index contributed by atoms with van der Waals surface area (Å²) in [6.07, 6.45) is 2.09. The van der Waals surface area contributed by atoms with Crippen molar-refractivity contribution in [1.29, 1.82) is 0 Å². The molecule has 5 rings (SSSR count). The van der Waals surface area contributed by atoms with Crippen molar-refractivity contribution in [3.8, 4) is 11.6 Å². The van der Waals surface area contributed by atoms with Crippen molar-refractivity contribution in [2.45, 2.75) is 25.7 Å². The van der Waals surface area contributed by atoms with Gasteiger partial charge in [0.2, 0.25) is 5.88 Å². The molecule has 4 aromatic rings. The number of amides is 1. The molecule has 1 saturated carbocycles. The molecule has 1 aliphatic rings. The zero-order valence-electron chi connectivity index (χ0n) is 16.8. The number of carbonyl (C=O) groups is 1. The van der Waals surface area contributed by atoms with E-state index in [0.29, 0.717) is 23.2 Å². The maximum atomic E-state index is 13.0. The molecule has 0 spiro atoms. The number of ether oxygens (including phenoxy) is 1. The topological polar surface area (TPSA) is 81.9 Å². The molecule has 7 nitrogen and oxygen atoms in total. The lowest BCUT2D eigenvalue weighted by Crippen LogP contribution is -2.15. The Kier molecular flexibility index (Phi) is 4.43. The van der Waals surface area contributed by atoms with Crippen LogP contribution in [0.2, 0.25) is 0 Å². The van der Waals surface area contributed by atoms with Crippen LogP contribution in [0.4, 0.5) is 5.69 Å². The Morgan fingerprint density at radius 3 is 2.63 bits per heavy atom. The fourth-order valence-electron chi connectivity index (χ4n) is 3.54. The van der Waals surface area contributed by atoms with Crippen LogP contribution in [0.3, 0.4) is 0 Å². The van der Waals surface area contributed by atoms with Crippen LogP contribution >= 0.6 is 0 Å². The molecule has 0 atom stereocenters. The summed E-state index contributed by atoms with van der Waals surface area (Å²) < 4.78 is 6.96. The fourth-order valence-corrected chi connectivity index (χ4v) is 3.54. The molecular weight excluding hydrogens is 378 g/mol. The number of anilines is 1. The van der Waals surface area contributed by atoms with Crippen molar-refractivity contribution in [2.24, 2.45) is 0 Å². The number of nitrogens with zero attached hydrogens (tertiary/aromatic N) is 4. The lowest BCUT2D eigenvalue weighted by Gasteiger charge is -2.09. The Morgan fingerprint density at radius 2 is 1.90 bits per heavy atom. The number of methoxy groups -OCH3 is 1. The minimum absolute atomic E-state index is 0.254. The van der Waals surface area contributed by atoms with E-state index in [1.807, 2.05) is 55.5 Å². The Labute approximate surface area is 173 Å². The molecule has 150 valence electrons. The summed E-state index contributed by atoms with van der Waals surface area (Å²) in [4.78, 5) is 17.4. The normalized spacial score (nSPS) is 13.4. The highest BCUT2D eigenvalue weighted by Gasteiger charge is 2.34. The number of hydrogen-bond acceptors (Lipinski definition) is 5. The molecule has 2 aromatic heterocycles. The van der Waals surface area contributed by atoms with E-state index in [4.69, 9.17) is 4.74 Å². The summed E-state index contributed by atoms with van der Waals surface area (Å²) in [6, 6.07) is 17.4. The van der Waals surface area contributed by atoms with E-state index >= 15 is 0 Å². The molecule has 0 aliphatic heterocycles. The minimum Gasteiger partial charge on any atom is -0.481 e. The molecule has 2 heterocycles. The summed E-state index contributed by atoms with van der Waals surface area (Å²) in [6.45, 7) is 2.04. The van der Waals surface area contributed by atoms with Crippen molar-refractivity contribution >= 4 is 22.5 Å². The average Bonchev–Trinajstić information content (AvgIpc) is 3.51. The number of aryl methyl sites for hydroxylation is 1. The van der Waals surface area contributed by atoms with Crippen LogP contribution in [-0.4, -0.2) is 33.0 Å². The highest BCUT2D eigenvalue weighted by atomic mass is 16.5. The predicted octanol–water partition coefficient (Wildman–Crippen LogP) is 4.26. The molecule has 0 saturated heterocycles. The second-order valence-corrected chi connectivity index (χ2v) is 7.56. The summed E-state index contributed by atoms with van der Waals surface area (Å²) in [5.41, 5.74) is 4.84.